The maximum Gasteiger partial charge on any atom is 0.122 e. The fourth-order valence-electron chi connectivity index (χ4n) is 2.23. The van der Waals surface area contributed by atoms with E-state index in [0.29, 0.717) is 0 Å². The minimum Gasteiger partial charge on any atom is -0.497 e. The number of methoxy groups -OCH3 is 2. The average molecular weight is 279 g/mol. The van der Waals surface area contributed by atoms with Gasteiger partial charge in [0.05, 0.1) is 14.2 Å². The highest BCUT2D eigenvalue weighted by molar-refractivity contribution is 5.44. The van der Waals surface area contributed by atoms with Crippen LogP contribution in [0.1, 0.15) is 46.6 Å². The van der Waals surface area contributed by atoms with Crippen molar-refractivity contribution in [2.24, 2.45) is 0 Å². The largest absolute Gasteiger partial charge is 0.497 e. The highest BCUT2D eigenvalue weighted by atomic mass is 16.5. The van der Waals surface area contributed by atoms with Gasteiger partial charge in [0.2, 0.25) is 0 Å². The van der Waals surface area contributed by atoms with Crippen LogP contribution in [-0.2, 0) is 5.41 Å². The molecular weight excluding hydrogens is 250 g/mol. The lowest BCUT2D eigenvalue weighted by Gasteiger charge is -2.30. The predicted octanol–water partition coefficient (Wildman–Crippen LogP) is 3.76. The van der Waals surface area contributed by atoms with Crippen molar-refractivity contribution < 1.29 is 9.47 Å². The molecule has 1 aromatic carbocycles. The molecule has 1 N–H and O–H groups in total. The first-order chi connectivity index (χ1) is 9.19. The second kappa shape index (κ2) is 6.49. The smallest absolute Gasteiger partial charge is 0.122 e. The lowest BCUT2D eigenvalue weighted by atomic mass is 9.80. The van der Waals surface area contributed by atoms with Crippen LogP contribution in [-0.4, -0.2) is 26.3 Å². The molecule has 0 aliphatic heterocycles. The van der Waals surface area contributed by atoms with E-state index in [1.54, 1.807) is 14.2 Å². The summed E-state index contributed by atoms with van der Waals surface area (Å²) in [5, 5.41) is 3.54. The van der Waals surface area contributed by atoms with Crippen molar-refractivity contribution in [3.8, 4) is 11.5 Å². The first kappa shape index (κ1) is 16.8. The molecule has 0 spiro atoms. The number of hydrogen-bond acceptors (Lipinski definition) is 3. The van der Waals surface area contributed by atoms with E-state index in [1.807, 2.05) is 12.1 Å². The number of hydrogen-bond donors (Lipinski definition) is 1. The van der Waals surface area contributed by atoms with Crippen LogP contribution in [0.2, 0.25) is 0 Å². The SMILES string of the molecule is COc1ccc(OC)c(C(C)(C)CCNC(C)(C)C)c1. The average Bonchev–Trinajstić information content (AvgIpc) is 2.36. The van der Waals surface area contributed by atoms with Crippen LogP contribution < -0.4 is 14.8 Å². The molecule has 0 saturated carbocycles. The van der Waals surface area contributed by atoms with Gasteiger partial charge in [-0.2, -0.15) is 0 Å². The molecule has 0 atom stereocenters. The number of rotatable bonds is 6. The fraction of sp³-hybridized carbons (Fsp3) is 0.647. The molecule has 0 aliphatic carbocycles. The Morgan fingerprint density at radius 2 is 1.65 bits per heavy atom. The zero-order chi connectivity index (χ0) is 15.4. The summed E-state index contributed by atoms with van der Waals surface area (Å²) in [7, 11) is 3.41. The molecule has 0 radical (unpaired) electrons. The number of nitrogens with one attached hydrogen (secondary N) is 1. The van der Waals surface area contributed by atoms with E-state index in [1.165, 1.54) is 5.56 Å². The van der Waals surface area contributed by atoms with E-state index in [4.69, 9.17) is 9.47 Å². The van der Waals surface area contributed by atoms with E-state index in [0.717, 1.165) is 24.5 Å². The third kappa shape index (κ3) is 4.71. The monoisotopic (exact) mass is 279 g/mol. The van der Waals surface area contributed by atoms with Crippen molar-refractivity contribution in [2.75, 3.05) is 20.8 Å². The summed E-state index contributed by atoms with van der Waals surface area (Å²) in [5.41, 5.74) is 1.36. The molecule has 3 heteroatoms. The molecule has 0 aliphatic rings. The van der Waals surface area contributed by atoms with Crippen LogP contribution in [0.25, 0.3) is 0 Å². The Kier molecular flexibility index (Phi) is 5.46. The van der Waals surface area contributed by atoms with Crippen LogP contribution in [0.3, 0.4) is 0 Å². The van der Waals surface area contributed by atoms with Crippen molar-refractivity contribution >= 4 is 0 Å². The Balaban J connectivity index is 2.89. The van der Waals surface area contributed by atoms with E-state index in [2.05, 4.69) is 46.0 Å². The van der Waals surface area contributed by atoms with E-state index < -0.39 is 0 Å². The normalized spacial score (nSPS) is 12.3. The van der Waals surface area contributed by atoms with Crippen molar-refractivity contribution in [1.82, 2.24) is 5.32 Å². The molecular formula is C17H29NO2. The zero-order valence-corrected chi connectivity index (χ0v) is 14.0. The van der Waals surface area contributed by atoms with Gasteiger partial charge < -0.3 is 14.8 Å². The number of benzene rings is 1. The molecule has 0 unspecified atom stereocenters. The predicted molar refractivity (Wildman–Crippen MR) is 84.9 cm³/mol. The Hall–Kier alpha value is -1.22. The minimum atomic E-state index is 0.0259. The summed E-state index contributed by atoms with van der Waals surface area (Å²) in [6.07, 6.45) is 1.04. The standard InChI is InChI=1S/C17H29NO2/c1-16(2,3)18-11-10-17(4,5)14-12-13(19-6)8-9-15(14)20-7/h8-9,12,18H,10-11H2,1-7H3. The molecule has 0 bridgehead atoms. The molecule has 0 saturated heterocycles. The molecule has 3 nitrogen and oxygen atoms in total. The highest BCUT2D eigenvalue weighted by Gasteiger charge is 2.25. The van der Waals surface area contributed by atoms with Gasteiger partial charge in [0, 0.05) is 11.1 Å². The van der Waals surface area contributed by atoms with Gasteiger partial charge in [0.15, 0.2) is 0 Å². The first-order valence-corrected chi connectivity index (χ1v) is 7.17. The van der Waals surface area contributed by atoms with Crippen LogP contribution in [0.15, 0.2) is 18.2 Å². The molecule has 1 aromatic rings. The van der Waals surface area contributed by atoms with Crippen LogP contribution >= 0.6 is 0 Å². The highest BCUT2D eigenvalue weighted by Crippen LogP contribution is 2.36. The van der Waals surface area contributed by atoms with Crippen molar-refractivity contribution in [2.45, 2.75) is 52.0 Å². The van der Waals surface area contributed by atoms with Crippen LogP contribution in [0.5, 0.6) is 11.5 Å². The van der Waals surface area contributed by atoms with Gasteiger partial charge in [0.1, 0.15) is 11.5 Å². The third-order valence-electron chi connectivity index (χ3n) is 3.54. The van der Waals surface area contributed by atoms with Gasteiger partial charge in [0.25, 0.3) is 0 Å². The lowest BCUT2D eigenvalue weighted by molar-refractivity contribution is 0.356. The van der Waals surface area contributed by atoms with Gasteiger partial charge in [-0.05, 0) is 57.4 Å². The summed E-state index contributed by atoms with van der Waals surface area (Å²) in [6, 6.07) is 5.99. The minimum absolute atomic E-state index is 0.0259. The number of ether oxygens (including phenoxy) is 2. The zero-order valence-electron chi connectivity index (χ0n) is 14.0. The Morgan fingerprint density at radius 3 is 2.15 bits per heavy atom. The maximum atomic E-state index is 5.50. The summed E-state index contributed by atoms with van der Waals surface area (Å²) in [5.74, 6) is 1.80. The topological polar surface area (TPSA) is 30.5 Å². The van der Waals surface area contributed by atoms with Gasteiger partial charge in [-0.1, -0.05) is 13.8 Å². The van der Waals surface area contributed by atoms with Gasteiger partial charge >= 0.3 is 0 Å². The molecule has 114 valence electrons. The molecule has 0 heterocycles. The van der Waals surface area contributed by atoms with E-state index in [-0.39, 0.29) is 11.0 Å². The lowest BCUT2D eigenvalue weighted by Crippen LogP contribution is -2.38. The molecule has 0 amide bonds. The summed E-state index contributed by atoms with van der Waals surface area (Å²) >= 11 is 0. The molecule has 0 aromatic heterocycles. The van der Waals surface area contributed by atoms with Crippen molar-refractivity contribution in [3.63, 3.8) is 0 Å². The Morgan fingerprint density at radius 1 is 1.00 bits per heavy atom. The maximum absolute atomic E-state index is 5.50. The van der Waals surface area contributed by atoms with Gasteiger partial charge in [-0.3, -0.25) is 0 Å². The molecule has 1 rings (SSSR count). The van der Waals surface area contributed by atoms with Crippen molar-refractivity contribution in [1.29, 1.82) is 0 Å². The second-order valence-electron chi connectivity index (χ2n) is 6.88. The second-order valence-corrected chi connectivity index (χ2v) is 6.88. The molecule has 20 heavy (non-hydrogen) atoms. The van der Waals surface area contributed by atoms with Crippen LogP contribution in [0.4, 0.5) is 0 Å². The molecule has 0 fully saturated rings. The van der Waals surface area contributed by atoms with Gasteiger partial charge in [-0.25, -0.2) is 0 Å². The van der Waals surface area contributed by atoms with E-state index >= 15 is 0 Å². The quantitative estimate of drug-likeness (QED) is 0.860. The summed E-state index contributed by atoms with van der Waals surface area (Å²) in [6.45, 7) is 12.0. The Bertz CT molecular complexity index is 433. The summed E-state index contributed by atoms with van der Waals surface area (Å²) < 4.78 is 10.8. The van der Waals surface area contributed by atoms with E-state index in [9.17, 15) is 0 Å². The first-order valence-electron chi connectivity index (χ1n) is 7.17. The summed E-state index contributed by atoms with van der Waals surface area (Å²) in [4.78, 5) is 0. The van der Waals surface area contributed by atoms with Crippen LogP contribution in [0, 0.1) is 0 Å². The Labute approximate surface area is 123 Å². The fourth-order valence-corrected chi connectivity index (χ4v) is 2.23. The van der Waals surface area contributed by atoms with Gasteiger partial charge in [-0.15, -0.1) is 0 Å². The third-order valence-corrected chi connectivity index (χ3v) is 3.54. The van der Waals surface area contributed by atoms with Crippen molar-refractivity contribution in [3.05, 3.63) is 23.8 Å².